The quantitative estimate of drug-likeness (QED) is 0.773. The van der Waals surface area contributed by atoms with E-state index in [1.807, 2.05) is 19.1 Å². The summed E-state index contributed by atoms with van der Waals surface area (Å²) in [7, 11) is 0. The first kappa shape index (κ1) is 13.3. The molecule has 0 radical (unpaired) electrons. The van der Waals surface area contributed by atoms with E-state index in [2.05, 4.69) is 25.2 Å². The van der Waals surface area contributed by atoms with Crippen molar-refractivity contribution in [2.75, 3.05) is 11.9 Å². The van der Waals surface area contributed by atoms with Gasteiger partial charge in [0.15, 0.2) is 0 Å². The molecular weight excluding hydrogens is 220 g/mol. The van der Waals surface area contributed by atoms with Crippen LogP contribution in [0.1, 0.15) is 32.3 Å². The highest BCUT2D eigenvalue weighted by Gasteiger charge is 2.09. The van der Waals surface area contributed by atoms with Gasteiger partial charge in [0.2, 0.25) is 0 Å². The average molecular weight is 241 g/mol. The molecule has 3 N–H and O–H groups in total. The minimum atomic E-state index is -0.0768. The fraction of sp³-hybridized carbons (Fsp3) is 0.538. The summed E-state index contributed by atoms with van der Waals surface area (Å²) in [5.74, 6) is 0. The molecule has 0 saturated carbocycles. The Morgan fingerprint density at radius 3 is 2.62 bits per heavy atom. The number of aryl methyl sites for hydroxylation is 1. The van der Waals surface area contributed by atoms with E-state index in [1.165, 1.54) is 0 Å². The first-order chi connectivity index (χ1) is 7.38. The van der Waals surface area contributed by atoms with Gasteiger partial charge in [0.25, 0.3) is 0 Å². The van der Waals surface area contributed by atoms with E-state index in [1.54, 1.807) is 0 Å². The van der Waals surface area contributed by atoms with Crippen LogP contribution in [-0.2, 0) is 0 Å². The maximum Gasteiger partial charge on any atom is 0.0455 e. The van der Waals surface area contributed by atoms with Gasteiger partial charge in [-0.25, -0.2) is 0 Å². The Hall–Kier alpha value is -0.730. The molecule has 0 aliphatic rings. The summed E-state index contributed by atoms with van der Waals surface area (Å²) in [5.41, 5.74) is 8.01. The predicted octanol–water partition coefficient (Wildman–Crippen LogP) is 3.58. The second-order valence-corrected chi connectivity index (χ2v) is 5.39. The molecule has 90 valence electrons. The monoisotopic (exact) mass is 240 g/mol. The van der Waals surface area contributed by atoms with Crippen LogP contribution in [0.4, 0.5) is 5.69 Å². The van der Waals surface area contributed by atoms with Crippen molar-refractivity contribution in [3.05, 3.63) is 28.8 Å². The number of hydrogen-bond donors (Lipinski definition) is 2. The number of nitrogens with one attached hydrogen (secondary N) is 1. The van der Waals surface area contributed by atoms with Gasteiger partial charge >= 0.3 is 0 Å². The van der Waals surface area contributed by atoms with Crippen LogP contribution in [0.25, 0.3) is 0 Å². The lowest BCUT2D eigenvalue weighted by Crippen LogP contribution is -2.32. The third kappa shape index (κ3) is 4.86. The van der Waals surface area contributed by atoms with Gasteiger partial charge in [-0.15, -0.1) is 0 Å². The maximum absolute atomic E-state index is 6.04. The average Bonchev–Trinajstić information content (AvgIpc) is 2.17. The van der Waals surface area contributed by atoms with Crippen molar-refractivity contribution in [3.8, 4) is 0 Å². The molecule has 2 nitrogen and oxygen atoms in total. The Morgan fingerprint density at radius 2 is 2.06 bits per heavy atom. The SMILES string of the molecule is Cc1ccc(NCCCC(C)(C)N)cc1Cl. The van der Waals surface area contributed by atoms with Crippen LogP contribution in [0.3, 0.4) is 0 Å². The third-order valence-corrected chi connectivity index (χ3v) is 2.91. The summed E-state index contributed by atoms with van der Waals surface area (Å²) in [6, 6.07) is 6.04. The molecule has 0 spiro atoms. The highest BCUT2D eigenvalue weighted by atomic mass is 35.5. The molecule has 3 heteroatoms. The fourth-order valence-corrected chi connectivity index (χ4v) is 1.66. The van der Waals surface area contributed by atoms with Gasteiger partial charge in [-0.3, -0.25) is 0 Å². The highest BCUT2D eigenvalue weighted by molar-refractivity contribution is 6.31. The molecule has 0 aliphatic carbocycles. The second-order valence-electron chi connectivity index (χ2n) is 4.98. The van der Waals surface area contributed by atoms with E-state index < -0.39 is 0 Å². The van der Waals surface area contributed by atoms with Crippen LogP contribution in [0.5, 0.6) is 0 Å². The molecule has 0 bridgehead atoms. The zero-order chi connectivity index (χ0) is 12.2. The summed E-state index contributed by atoms with van der Waals surface area (Å²) >= 11 is 6.04. The standard InChI is InChI=1S/C13H21ClN2/c1-10-5-6-11(9-12(10)14)16-8-4-7-13(2,3)15/h5-6,9,16H,4,7-8,15H2,1-3H3. The van der Waals surface area contributed by atoms with Crippen molar-refractivity contribution in [3.63, 3.8) is 0 Å². The highest BCUT2D eigenvalue weighted by Crippen LogP contribution is 2.20. The molecule has 1 rings (SSSR count). The number of benzene rings is 1. The summed E-state index contributed by atoms with van der Waals surface area (Å²) in [6.45, 7) is 7.04. The molecule has 0 heterocycles. The largest absolute Gasteiger partial charge is 0.385 e. The van der Waals surface area contributed by atoms with Crippen LogP contribution >= 0.6 is 11.6 Å². The lowest BCUT2D eigenvalue weighted by atomic mass is 10.0. The summed E-state index contributed by atoms with van der Waals surface area (Å²) in [6.07, 6.45) is 2.08. The molecule has 0 amide bonds. The molecule has 0 unspecified atom stereocenters. The van der Waals surface area contributed by atoms with E-state index in [-0.39, 0.29) is 5.54 Å². The van der Waals surface area contributed by atoms with Crippen molar-refractivity contribution >= 4 is 17.3 Å². The number of rotatable bonds is 5. The van der Waals surface area contributed by atoms with Crippen LogP contribution in [-0.4, -0.2) is 12.1 Å². The topological polar surface area (TPSA) is 38.0 Å². The fourth-order valence-electron chi connectivity index (χ4n) is 1.48. The molecule has 0 aliphatic heterocycles. The third-order valence-electron chi connectivity index (χ3n) is 2.50. The van der Waals surface area contributed by atoms with Gasteiger partial charge in [0, 0.05) is 22.8 Å². The molecule has 1 aromatic carbocycles. The second kappa shape index (κ2) is 5.55. The van der Waals surface area contributed by atoms with Gasteiger partial charge in [-0.1, -0.05) is 17.7 Å². The molecule has 16 heavy (non-hydrogen) atoms. The number of nitrogens with two attached hydrogens (primary N) is 1. The van der Waals surface area contributed by atoms with E-state index >= 15 is 0 Å². The Labute approximate surface area is 103 Å². The Bertz CT molecular complexity index is 342. The van der Waals surface area contributed by atoms with Crippen LogP contribution in [0, 0.1) is 6.92 Å². The van der Waals surface area contributed by atoms with Gasteiger partial charge in [0.05, 0.1) is 0 Å². The molecular formula is C13H21ClN2. The van der Waals surface area contributed by atoms with Crippen LogP contribution in [0.15, 0.2) is 18.2 Å². The Morgan fingerprint density at radius 1 is 1.38 bits per heavy atom. The van der Waals surface area contributed by atoms with E-state index in [9.17, 15) is 0 Å². The Balaban J connectivity index is 2.35. The Kier molecular flexibility index (Phi) is 4.63. The first-order valence-corrected chi connectivity index (χ1v) is 6.05. The molecule has 0 saturated heterocycles. The van der Waals surface area contributed by atoms with Crippen molar-refractivity contribution in [1.82, 2.24) is 0 Å². The zero-order valence-electron chi connectivity index (χ0n) is 10.3. The van der Waals surface area contributed by atoms with Gasteiger partial charge < -0.3 is 11.1 Å². The molecule has 1 aromatic rings. The van der Waals surface area contributed by atoms with E-state index in [0.29, 0.717) is 0 Å². The van der Waals surface area contributed by atoms with Crippen molar-refractivity contribution < 1.29 is 0 Å². The molecule has 0 aromatic heterocycles. The van der Waals surface area contributed by atoms with Crippen molar-refractivity contribution in [2.45, 2.75) is 39.2 Å². The van der Waals surface area contributed by atoms with Gasteiger partial charge in [-0.05, 0) is 51.3 Å². The van der Waals surface area contributed by atoms with Gasteiger partial charge in [0.1, 0.15) is 0 Å². The van der Waals surface area contributed by atoms with Crippen molar-refractivity contribution in [2.24, 2.45) is 5.73 Å². The summed E-state index contributed by atoms with van der Waals surface area (Å²) < 4.78 is 0. The van der Waals surface area contributed by atoms with E-state index in [0.717, 1.165) is 35.7 Å². The smallest absolute Gasteiger partial charge is 0.0455 e. The summed E-state index contributed by atoms with van der Waals surface area (Å²) in [4.78, 5) is 0. The molecule has 0 fully saturated rings. The van der Waals surface area contributed by atoms with Crippen molar-refractivity contribution in [1.29, 1.82) is 0 Å². The summed E-state index contributed by atoms with van der Waals surface area (Å²) in [5, 5.41) is 4.15. The lowest BCUT2D eigenvalue weighted by Gasteiger charge is -2.18. The zero-order valence-corrected chi connectivity index (χ0v) is 11.1. The lowest BCUT2D eigenvalue weighted by molar-refractivity contribution is 0.465. The molecule has 0 atom stereocenters. The van der Waals surface area contributed by atoms with Crippen LogP contribution < -0.4 is 11.1 Å². The normalized spacial score (nSPS) is 11.6. The number of anilines is 1. The number of hydrogen-bond acceptors (Lipinski definition) is 2. The maximum atomic E-state index is 6.04. The van der Waals surface area contributed by atoms with Crippen LogP contribution in [0.2, 0.25) is 5.02 Å². The minimum Gasteiger partial charge on any atom is -0.385 e. The number of halogens is 1. The first-order valence-electron chi connectivity index (χ1n) is 5.67. The van der Waals surface area contributed by atoms with Gasteiger partial charge in [-0.2, -0.15) is 0 Å². The predicted molar refractivity (Wildman–Crippen MR) is 72.2 cm³/mol. The van der Waals surface area contributed by atoms with E-state index in [4.69, 9.17) is 17.3 Å². The minimum absolute atomic E-state index is 0.0768.